The molecule has 1 aromatic carbocycles. The lowest BCUT2D eigenvalue weighted by atomic mass is 10.3. The van der Waals surface area contributed by atoms with E-state index in [2.05, 4.69) is 36.4 Å². The van der Waals surface area contributed by atoms with Crippen LogP contribution in [0, 0.1) is 6.92 Å². The summed E-state index contributed by atoms with van der Waals surface area (Å²) in [6.45, 7) is 1.89. The van der Waals surface area contributed by atoms with Crippen molar-refractivity contribution in [1.29, 1.82) is 0 Å². The molecule has 15 heavy (non-hydrogen) atoms. The van der Waals surface area contributed by atoms with E-state index >= 15 is 0 Å². The van der Waals surface area contributed by atoms with E-state index < -0.39 is 0 Å². The number of hydrogen-bond donors (Lipinski definition) is 0. The molecule has 3 rings (SSSR count). The van der Waals surface area contributed by atoms with Gasteiger partial charge in [-0.05, 0) is 35.5 Å². The number of halogens is 1. The van der Waals surface area contributed by atoms with Crippen molar-refractivity contribution in [2.24, 2.45) is 0 Å². The lowest BCUT2D eigenvalue weighted by Crippen LogP contribution is -1.96. The van der Waals surface area contributed by atoms with Gasteiger partial charge < -0.3 is 0 Å². The minimum Gasteiger partial charge on any atom is -0.247 e. The van der Waals surface area contributed by atoms with Crippen LogP contribution in [0.3, 0.4) is 0 Å². The van der Waals surface area contributed by atoms with Crippen molar-refractivity contribution < 1.29 is 0 Å². The Morgan fingerprint density at radius 2 is 2.20 bits per heavy atom. The summed E-state index contributed by atoms with van der Waals surface area (Å²) in [4.78, 5) is 4.44. The molecule has 0 saturated carbocycles. The summed E-state index contributed by atoms with van der Waals surface area (Å²) in [5.41, 5.74) is 3.31. The number of benzene rings is 1. The first kappa shape index (κ1) is 8.72. The Morgan fingerprint density at radius 3 is 3.07 bits per heavy atom. The molecule has 0 aliphatic rings. The molecule has 74 valence electrons. The van der Waals surface area contributed by atoms with Crippen LogP contribution in [0.4, 0.5) is 0 Å². The second-order valence-electron chi connectivity index (χ2n) is 3.24. The minimum absolute atomic E-state index is 0.699. The Kier molecular flexibility index (Phi) is 1.72. The number of hydrogen-bond acceptors (Lipinski definition) is 4. The minimum atomic E-state index is 0.699. The summed E-state index contributed by atoms with van der Waals surface area (Å²) in [5, 5.41) is 11.5. The molecule has 0 spiro atoms. The highest BCUT2D eigenvalue weighted by Gasteiger charge is 2.07. The second kappa shape index (κ2) is 2.96. The number of aryl methyl sites for hydroxylation is 1. The standard InChI is InChI=1S/C9H6BrN5/c1-5-9-12-13-14-15(9)8-3-2-6(10)4-7(8)11-5/h2-4H,1H3. The van der Waals surface area contributed by atoms with Crippen molar-refractivity contribution >= 4 is 32.6 Å². The van der Waals surface area contributed by atoms with E-state index in [1.54, 1.807) is 4.52 Å². The number of rotatable bonds is 0. The van der Waals surface area contributed by atoms with Gasteiger partial charge in [-0.25, -0.2) is 4.98 Å². The Balaban J connectivity index is 2.60. The van der Waals surface area contributed by atoms with Crippen LogP contribution in [0.2, 0.25) is 0 Å². The third-order valence-corrected chi connectivity index (χ3v) is 2.74. The van der Waals surface area contributed by atoms with Gasteiger partial charge in [0.15, 0.2) is 0 Å². The van der Waals surface area contributed by atoms with Crippen molar-refractivity contribution in [3.8, 4) is 0 Å². The molecule has 0 aliphatic carbocycles. The van der Waals surface area contributed by atoms with E-state index in [1.165, 1.54) is 0 Å². The second-order valence-corrected chi connectivity index (χ2v) is 4.16. The molecule has 0 N–H and O–H groups in total. The van der Waals surface area contributed by atoms with Crippen molar-refractivity contribution in [2.45, 2.75) is 6.92 Å². The quantitative estimate of drug-likeness (QED) is 0.620. The van der Waals surface area contributed by atoms with Crippen LogP contribution in [0.5, 0.6) is 0 Å². The molecule has 0 fully saturated rings. The van der Waals surface area contributed by atoms with Gasteiger partial charge in [-0.1, -0.05) is 15.9 Å². The zero-order valence-electron chi connectivity index (χ0n) is 7.85. The summed E-state index contributed by atoms with van der Waals surface area (Å²) >= 11 is 3.41. The summed E-state index contributed by atoms with van der Waals surface area (Å²) in [6, 6.07) is 5.83. The van der Waals surface area contributed by atoms with Crippen LogP contribution in [-0.4, -0.2) is 25.0 Å². The monoisotopic (exact) mass is 263 g/mol. The van der Waals surface area contributed by atoms with Gasteiger partial charge in [-0.15, -0.1) is 5.10 Å². The Hall–Kier alpha value is -1.56. The predicted octanol–water partition coefficient (Wildman–Crippen LogP) is 1.74. The van der Waals surface area contributed by atoms with Gasteiger partial charge in [-0.2, -0.15) is 4.52 Å². The van der Waals surface area contributed by atoms with Crippen LogP contribution in [0.25, 0.3) is 16.7 Å². The third-order valence-electron chi connectivity index (χ3n) is 2.25. The van der Waals surface area contributed by atoms with Crippen LogP contribution in [-0.2, 0) is 0 Å². The van der Waals surface area contributed by atoms with E-state index in [-0.39, 0.29) is 0 Å². The fourth-order valence-corrected chi connectivity index (χ4v) is 1.92. The highest BCUT2D eigenvalue weighted by Crippen LogP contribution is 2.19. The molecule has 6 heteroatoms. The number of tetrazole rings is 1. The van der Waals surface area contributed by atoms with E-state index in [9.17, 15) is 0 Å². The van der Waals surface area contributed by atoms with Gasteiger partial charge in [0, 0.05) is 4.47 Å². The predicted molar refractivity (Wildman–Crippen MR) is 58.5 cm³/mol. The zero-order valence-corrected chi connectivity index (χ0v) is 9.43. The zero-order chi connectivity index (χ0) is 10.4. The van der Waals surface area contributed by atoms with Gasteiger partial charge in [0.05, 0.1) is 16.7 Å². The third kappa shape index (κ3) is 1.21. The molecule has 5 nitrogen and oxygen atoms in total. The molecule has 0 aliphatic heterocycles. The van der Waals surface area contributed by atoms with Gasteiger partial charge >= 0.3 is 0 Å². The highest BCUT2D eigenvalue weighted by atomic mass is 79.9. The molecule has 0 amide bonds. The Labute approximate surface area is 93.2 Å². The lowest BCUT2D eigenvalue weighted by molar-refractivity contribution is 0.840. The topological polar surface area (TPSA) is 56.0 Å². The maximum Gasteiger partial charge on any atom is 0.201 e. The summed E-state index contributed by atoms with van der Waals surface area (Å²) < 4.78 is 2.69. The summed E-state index contributed by atoms with van der Waals surface area (Å²) in [5.74, 6) is 0. The molecule has 0 saturated heterocycles. The number of fused-ring (bicyclic) bond motifs is 3. The molecule has 0 radical (unpaired) electrons. The van der Waals surface area contributed by atoms with Crippen LogP contribution in [0.1, 0.15) is 5.69 Å². The van der Waals surface area contributed by atoms with E-state index in [4.69, 9.17) is 0 Å². The molecule has 3 aromatic rings. The number of aromatic nitrogens is 5. The fraction of sp³-hybridized carbons (Fsp3) is 0.111. The van der Waals surface area contributed by atoms with Gasteiger partial charge in [0.25, 0.3) is 0 Å². The van der Waals surface area contributed by atoms with Gasteiger partial charge in [-0.3, -0.25) is 0 Å². The van der Waals surface area contributed by atoms with Gasteiger partial charge in [0.1, 0.15) is 0 Å². The number of nitrogens with zero attached hydrogens (tertiary/aromatic N) is 5. The first-order chi connectivity index (χ1) is 7.25. The van der Waals surface area contributed by atoms with Crippen molar-refractivity contribution in [3.63, 3.8) is 0 Å². The molecule has 0 bridgehead atoms. The molecule has 0 unspecified atom stereocenters. The normalized spacial score (nSPS) is 11.3. The van der Waals surface area contributed by atoms with Crippen LogP contribution >= 0.6 is 15.9 Å². The van der Waals surface area contributed by atoms with E-state index in [0.717, 1.165) is 21.2 Å². The average molecular weight is 264 g/mol. The molecule has 2 heterocycles. The first-order valence-corrected chi connectivity index (χ1v) is 5.19. The Bertz CT molecular complexity index is 660. The van der Waals surface area contributed by atoms with Crippen LogP contribution in [0.15, 0.2) is 22.7 Å². The fourth-order valence-electron chi connectivity index (χ4n) is 1.57. The maximum atomic E-state index is 4.44. The van der Waals surface area contributed by atoms with Crippen LogP contribution < -0.4 is 0 Å². The molecule has 0 atom stereocenters. The summed E-state index contributed by atoms with van der Waals surface area (Å²) in [7, 11) is 0. The maximum absolute atomic E-state index is 4.44. The lowest BCUT2D eigenvalue weighted by Gasteiger charge is -2.01. The van der Waals surface area contributed by atoms with Crippen molar-refractivity contribution in [1.82, 2.24) is 25.0 Å². The molecular formula is C9H6BrN5. The van der Waals surface area contributed by atoms with Crippen molar-refractivity contribution in [3.05, 3.63) is 28.4 Å². The molecule has 2 aromatic heterocycles. The summed E-state index contributed by atoms with van der Waals surface area (Å²) in [6.07, 6.45) is 0. The van der Waals surface area contributed by atoms with E-state index in [1.807, 2.05) is 25.1 Å². The molecular weight excluding hydrogens is 258 g/mol. The van der Waals surface area contributed by atoms with Crippen molar-refractivity contribution in [2.75, 3.05) is 0 Å². The SMILES string of the molecule is Cc1nc2cc(Br)ccc2n2nnnc12. The largest absolute Gasteiger partial charge is 0.247 e. The van der Waals surface area contributed by atoms with E-state index in [0.29, 0.717) is 5.65 Å². The smallest absolute Gasteiger partial charge is 0.201 e. The average Bonchev–Trinajstić information content (AvgIpc) is 2.66. The first-order valence-electron chi connectivity index (χ1n) is 4.40. The Morgan fingerprint density at radius 1 is 1.33 bits per heavy atom. The highest BCUT2D eigenvalue weighted by molar-refractivity contribution is 9.10. The van der Waals surface area contributed by atoms with Gasteiger partial charge in [0.2, 0.25) is 5.65 Å².